The van der Waals surface area contributed by atoms with Crippen LogP contribution in [-0.2, 0) is 18.3 Å². The normalized spacial score (nSPS) is 10.6. The maximum Gasteiger partial charge on any atom is 0.309 e. The first-order chi connectivity index (χ1) is 9.41. The lowest BCUT2D eigenvalue weighted by Crippen LogP contribution is -2.13. The van der Waals surface area contributed by atoms with Gasteiger partial charge in [-0.05, 0) is 31.0 Å². The van der Waals surface area contributed by atoms with E-state index in [4.69, 9.17) is 5.11 Å². The zero-order valence-corrected chi connectivity index (χ0v) is 11.8. The van der Waals surface area contributed by atoms with E-state index in [2.05, 4.69) is 0 Å². The zero-order valence-electron chi connectivity index (χ0n) is 11.8. The summed E-state index contributed by atoms with van der Waals surface area (Å²) in [7, 11) is 1.73. The maximum atomic E-state index is 12.6. The smallest absolute Gasteiger partial charge is 0.309 e. The summed E-state index contributed by atoms with van der Waals surface area (Å²) in [5, 5.41) is 8.89. The number of benzene rings is 1. The van der Waals surface area contributed by atoms with E-state index in [0.29, 0.717) is 17.0 Å². The van der Waals surface area contributed by atoms with Crippen molar-refractivity contribution in [3.63, 3.8) is 0 Å². The van der Waals surface area contributed by atoms with E-state index in [9.17, 15) is 9.59 Å². The number of aryl methyl sites for hydroxylation is 2. The van der Waals surface area contributed by atoms with Crippen LogP contribution in [-0.4, -0.2) is 21.4 Å². The summed E-state index contributed by atoms with van der Waals surface area (Å²) in [5.41, 5.74) is 3.55. The molecule has 0 saturated heterocycles. The Morgan fingerprint density at radius 3 is 2.40 bits per heavy atom. The van der Waals surface area contributed by atoms with Crippen LogP contribution in [0, 0.1) is 13.8 Å². The first kappa shape index (κ1) is 14.1. The van der Waals surface area contributed by atoms with Gasteiger partial charge in [0.1, 0.15) is 0 Å². The fourth-order valence-electron chi connectivity index (χ4n) is 2.43. The molecule has 0 saturated carbocycles. The number of aromatic nitrogens is 1. The maximum absolute atomic E-state index is 12.6. The van der Waals surface area contributed by atoms with Gasteiger partial charge in [-0.15, -0.1) is 0 Å². The van der Waals surface area contributed by atoms with E-state index in [1.165, 1.54) is 0 Å². The van der Waals surface area contributed by atoms with E-state index in [1.807, 2.05) is 32.0 Å². The summed E-state index contributed by atoms with van der Waals surface area (Å²) >= 11 is 0. The van der Waals surface area contributed by atoms with E-state index in [1.54, 1.807) is 23.7 Å². The van der Waals surface area contributed by atoms with Crippen molar-refractivity contribution in [2.75, 3.05) is 0 Å². The van der Waals surface area contributed by atoms with Gasteiger partial charge >= 0.3 is 5.97 Å². The molecule has 1 N–H and O–H groups in total. The van der Waals surface area contributed by atoms with Crippen molar-refractivity contribution in [3.8, 4) is 0 Å². The number of rotatable bonds is 4. The van der Waals surface area contributed by atoms with Crippen molar-refractivity contribution < 1.29 is 14.7 Å². The van der Waals surface area contributed by atoms with Crippen LogP contribution in [0.3, 0.4) is 0 Å². The third kappa shape index (κ3) is 2.50. The van der Waals surface area contributed by atoms with Crippen LogP contribution in [0.5, 0.6) is 0 Å². The number of hydrogen-bond acceptors (Lipinski definition) is 2. The molecular weight excluding hydrogens is 254 g/mol. The Hall–Kier alpha value is -2.36. The van der Waals surface area contributed by atoms with Crippen LogP contribution >= 0.6 is 0 Å². The molecule has 1 aromatic heterocycles. The van der Waals surface area contributed by atoms with Crippen molar-refractivity contribution in [1.82, 2.24) is 4.57 Å². The number of nitrogens with zero attached hydrogens (tertiary/aromatic N) is 1. The molecule has 0 aliphatic carbocycles. The van der Waals surface area contributed by atoms with Crippen LogP contribution in [0.4, 0.5) is 0 Å². The van der Waals surface area contributed by atoms with Crippen molar-refractivity contribution in [1.29, 1.82) is 0 Å². The average Bonchev–Trinajstić information content (AvgIpc) is 2.63. The molecule has 4 nitrogen and oxygen atoms in total. The summed E-state index contributed by atoms with van der Waals surface area (Å²) < 4.78 is 1.68. The molecule has 0 bridgehead atoms. The molecule has 4 heteroatoms. The molecule has 0 radical (unpaired) electrons. The largest absolute Gasteiger partial charge is 0.481 e. The van der Waals surface area contributed by atoms with Gasteiger partial charge in [-0.1, -0.05) is 24.3 Å². The van der Waals surface area contributed by atoms with Crippen molar-refractivity contribution in [2.24, 2.45) is 7.05 Å². The van der Waals surface area contributed by atoms with Crippen LogP contribution in [0.15, 0.2) is 30.3 Å². The second kappa shape index (κ2) is 5.33. The van der Waals surface area contributed by atoms with Gasteiger partial charge < -0.3 is 9.67 Å². The molecule has 0 amide bonds. The molecular formula is C16H17NO3. The van der Waals surface area contributed by atoms with Gasteiger partial charge in [0.25, 0.3) is 0 Å². The third-order valence-electron chi connectivity index (χ3n) is 3.46. The number of hydrogen-bond donors (Lipinski definition) is 1. The van der Waals surface area contributed by atoms with Gasteiger partial charge in [0, 0.05) is 18.3 Å². The summed E-state index contributed by atoms with van der Waals surface area (Å²) in [4.78, 5) is 23.5. The summed E-state index contributed by atoms with van der Waals surface area (Å²) in [6.07, 6.45) is -0.0849. The molecule has 0 aliphatic rings. The van der Waals surface area contributed by atoms with Crippen LogP contribution in [0.1, 0.15) is 32.9 Å². The SMILES string of the molecule is Cc1ccccc1C(=O)c1c(C)cc(CC(=O)O)n1C. The molecule has 0 spiro atoms. The first-order valence-electron chi connectivity index (χ1n) is 6.39. The van der Waals surface area contributed by atoms with Gasteiger partial charge in [-0.2, -0.15) is 0 Å². The standard InChI is InChI=1S/C16H17NO3/c1-10-6-4-5-7-13(10)16(20)15-11(2)8-12(17(15)3)9-14(18)19/h4-8H,9H2,1-3H3,(H,18,19). The Balaban J connectivity index is 2.48. The van der Waals surface area contributed by atoms with Gasteiger partial charge in [0.2, 0.25) is 5.78 Å². The highest BCUT2D eigenvalue weighted by Gasteiger charge is 2.20. The molecule has 2 aromatic rings. The van der Waals surface area contributed by atoms with Crippen molar-refractivity contribution in [2.45, 2.75) is 20.3 Å². The molecule has 0 atom stereocenters. The average molecular weight is 271 g/mol. The minimum absolute atomic E-state index is 0.0697. The Kier molecular flexibility index (Phi) is 3.74. The molecule has 1 aromatic carbocycles. The Bertz CT molecular complexity index is 683. The number of carboxylic acid groups (broad SMARTS) is 1. The quantitative estimate of drug-likeness (QED) is 0.869. The van der Waals surface area contributed by atoms with E-state index >= 15 is 0 Å². The highest BCUT2D eigenvalue weighted by Crippen LogP contribution is 2.20. The summed E-state index contributed by atoms with van der Waals surface area (Å²) in [6.45, 7) is 3.72. The topological polar surface area (TPSA) is 59.3 Å². The molecule has 0 fully saturated rings. The minimum atomic E-state index is -0.902. The molecule has 2 rings (SSSR count). The highest BCUT2D eigenvalue weighted by molar-refractivity contribution is 6.09. The molecule has 1 heterocycles. The van der Waals surface area contributed by atoms with Crippen LogP contribution < -0.4 is 0 Å². The lowest BCUT2D eigenvalue weighted by atomic mass is 10.0. The van der Waals surface area contributed by atoms with Crippen molar-refractivity contribution >= 4 is 11.8 Å². The molecule has 104 valence electrons. The van der Waals surface area contributed by atoms with Gasteiger partial charge in [0.15, 0.2) is 0 Å². The minimum Gasteiger partial charge on any atom is -0.481 e. The monoisotopic (exact) mass is 271 g/mol. The number of carboxylic acids is 1. The Morgan fingerprint density at radius 1 is 1.15 bits per heavy atom. The molecule has 20 heavy (non-hydrogen) atoms. The highest BCUT2D eigenvalue weighted by atomic mass is 16.4. The molecule has 0 unspecified atom stereocenters. The summed E-state index contributed by atoms with van der Waals surface area (Å²) in [5.74, 6) is -0.972. The van der Waals surface area contributed by atoms with E-state index in [-0.39, 0.29) is 12.2 Å². The van der Waals surface area contributed by atoms with Gasteiger partial charge in [0.05, 0.1) is 12.1 Å². The van der Waals surface area contributed by atoms with E-state index < -0.39 is 5.97 Å². The predicted octanol–water partition coefficient (Wildman–Crippen LogP) is 2.50. The fraction of sp³-hybridized carbons (Fsp3) is 0.250. The predicted molar refractivity (Wildman–Crippen MR) is 76.1 cm³/mol. The lowest BCUT2D eigenvalue weighted by molar-refractivity contribution is -0.136. The van der Waals surface area contributed by atoms with Crippen LogP contribution in [0.2, 0.25) is 0 Å². The third-order valence-corrected chi connectivity index (χ3v) is 3.46. The van der Waals surface area contributed by atoms with Crippen molar-refractivity contribution in [3.05, 3.63) is 58.4 Å². The lowest BCUT2D eigenvalue weighted by Gasteiger charge is -2.09. The number of ketones is 1. The molecule has 0 aliphatic heterocycles. The second-order valence-electron chi connectivity index (χ2n) is 4.94. The van der Waals surface area contributed by atoms with Gasteiger partial charge in [-0.3, -0.25) is 9.59 Å². The number of aliphatic carboxylic acids is 1. The van der Waals surface area contributed by atoms with Gasteiger partial charge in [-0.25, -0.2) is 0 Å². The van der Waals surface area contributed by atoms with Crippen LogP contribution in [0.25, 0.3) is 0 Å². The number of carbonyl (C=O) groups excluding carboxylic acids is 1. The Morgan fingerprint density at radius 2 is 1.80 bits per heavy atom. The second-order valence-corrected chi connectivity index (χ2v) is 4.94. The first-order valence-corrected chi connectivity index (χ1v) is 6.39. The number of carbonyl (C=O) groups is 2. The summed E-state index contributed by atoms with van der Waals surface area (Å²) in [6, 6.07) is 9.17. The fourth-order valence-corrected chi connectivity index (χ4v) is 2.43. The van der Waals surface area contributed by atoms with E-state index in [0.717, 1.165) is 11.1 Å². The Labute approximate surface area is 117 Å². The zero-order chi connectivity index (χ0) is 14.9.